The molecule has 0 fully saturated rings. The maximum absolute atomic E-state index is 13.4. The molecule has 0 radical (unpaired) electrons. The van der Waals surface area contributed by atoms with Crippen molar-refractivity contribution in [1.29, 1.82) is 0 Å². The van der Waals surface area contributed by atoms with Gasteiger partial charge in [-0.15, -0.1) is 0 Å². The zero-order valence-corrected chi connectivity index (χ0v) is 11.4. The molecule has 0 bridgehead atoms. The molecule has 2 aromatic rings. The molecule has 0 aliphatic heterocycles. The highest BCUT2D eigenvalue weighted by molar-refractivity contribution is 9.10. The highest BCUT2D eigenvalue weighted by Crippen LogP contribution is 2.26. The Morgan fingerprint density at radius 1 is 1.35 bits per heavy atom. The number of aryl methyl sites for hydroxylation is 1. The average molecular weight is 297 g/mol. The van der Waals surface area contributed by atoms with Gasteiger partial charge < -0.3 is 5.32 Å². The Hall–Kier alpha value is -1.16. The van der Waals surface area contributed by atoms with Gasteiger partial charge >= 0.3 is 0 Å². The summed E-state index contributed by atoms with van der Waals surface area (Å²) in [6.45, 7) is 2.13. The molecule has 0 saturated carbocycles. The summed E-state index contributed by atoms with van der Waals surface area (Å²) in [6, 6.07) is 5.30. The number of rotatable bonds is 3. The zero-order valence-electron chi connectivity index (χ0n) is 9.85. The van der Waals surface area contributed by atoms with Crippen LogP contribution in [0.2, 0.25) is 0 Å². The minimum atomic E-state index is -0.282. The molecule has 0 atom stereocenters. The lowest BCUT2D eigenvalue weighted by Crippen LogP contribution is -1.99. The van der Waals surface area contributed by atoms with Crippen molar-refractivity contribution in [2.75, 3.05) is 12.4 Å². The summed E-state index contributed by atoms with van der Waals surface area (Å²) in [6.07, 6.45) is 2.03. The molecule has 0 aliphatic rings. The first-order chi connectivity index (χ1) is 8.15. The summed E-state index contributed by atoms with van der Waals surface area (Å²) in [7, 11) is 1.84. The van der Waals surface area contributed by atoms with Crippen molar-refractivity contribution in [3.05, 3.63) is 34.1 Å². The van der Waals surface area contributed by atoms with E-state index >= 15 is 0 Å². The number of halogens is 2. The van der Waals surface area contributed by atoms with Crippen molar-refractivity contribution >= 4 is 32.7 Å². The van der Waals surface area contributed by atoms with Crippen LogP contribution < -0.4 is 5.32 Å². The predicted octanol–water partition coefficient (Wildman–Crippen LogP) is 4.13. The summed E-state index contributed by atoms with van der Waals surface area (Å²) < 4.78 is 13.9. The Balaban J connectivity index is 2.65. The van der Waals surface area contributed by atoms with E-state index < -0.39 is 0 Å². The summed E-state index contributed by atoms with van der Waals surface area (Å²) in [4.78, 5) is 4.44. The monoisotopic (exact) mass is 296 g/mol. The van der Waals surface area contributed by atoms with E-state index in [2.05, 4.69) is 39.2 Å². The largest absolute Gasteiger partial charge is 0.373 e. The molecule has 1 heterocycles. The van der Waals surface area contributed by atoms with Crippen LogP contribution in [0.3, 0.4) is 0 Å². The quantitative estimate of drug-likeness (QED) is 0.921. The Bertz CT molecular complexity index is 555. The number of fused-ring (bicyclic) bond motifs is 1. The first-order valence-corrected chi connectivity index (χ1v) is 6.41. The van der Waals surface area contributed by atoms with Crippen molar-refractivity contribution in [1.82, 2.24) is 4.98 Å². The smallest absolute Gasteiger partial charge is 0.139 e. The SMILES string of the molecule is CCCc1cc2cc(Br)c(F)cc2nc1NC. The summed E-state index contributed by atoms with van der Waals surface area (Å²) in [5, 5.41) is 4.02. The van der Waals surface area contributed by atoms with E-state index in [9.17, 15) is 4.39 Å². The van der Waals surface area contributed by atoms with Crippen molar-refractivity contribution in [2.24, 2.45) is 0 Å². The van der Waals surface area contributed by atoms with E-state index in [0.717, 1.165) is 24.0 Å². The van der Waals surface area contributed by atoms with Gasteiger partial charge in [0.2, 0.25) is 0 Å². The second-order valence-corrected chi connectivity index (χ2v) is 4.81. The Kier molecular flexibility index (Phi) is 3.62. The number of pyridine rings is 1. The molecule has 1 aromatic heterocycles. The van der Waals surface area contributed by atoms with Crippen LogP contribution in [0.15, 0.2) is 22.7 Å². The molecule has 0 saturated heterocycles. The van der Waals surface area contributed by atoms with Gasteiger partial charge in [-0.05, 0) is 40.0 Å². The maximum Gasteiger partial charge on any atom is 0.139 e. The van der Waals surface area contributed by atoms with Crippen molar-refractivity contribution in [3.63, 3.8) is 0 Å². The first kappa shape index (κ1) is 12.3. The Labute approximate surface area is 108 Å². The van der Waals surface area contributed by atoms with Crippen LogP contribution in [-0.4, -0.2) is 12.0 Å². The number of anilines is 1. The van der Waals surface area contributed by atoms with Gasteiger partial charge in [-0.2, -0.15) is 0 Å². The molecule has 0 unspecified atom stereocenters. The third-order valence-electron chi connectivity index (χ3n) is 2.69. The third-order valence-corrected chi connectivity index (χ3v) is 3.30. The highest BCUT2D eigenvalue weighted by atomic mass is 79.9. The van der Waals surface area contributed by atoms with Gasteiger partial charge in [-0.3, -0.25) is 0 Å². The van der Waals surface area contributed by atoms with Crippen molar-refractivity contribution < 1.29 is 4.39 Å². The van der Waals surface area contributed by atoms with E-state index in [1.807, 2.05) is 7.05 Å². The van der Waals surface area contributed by atoms with E-state index in [-0.39, 0.29) is 5.82 Å². The first-order valence-electron chi connectivity index (χ1n) is 5.62. The number of hydrogen-bond donors (Lipinski definition) is 1. The number of hydrogen-bond acceptors (Lipinski definition) is 2. The topological polar surface area (TPSA) is 24.9 Å². The molecular formula is C13H14BrFN2. The van der Waals surface area contributed by atoms with Crippen LogP contribution in [0.1, 0.15) is 18.9 Å². The Morgan fingerprint density at radius 2 is 2.12 bits per heavy atom. The number of nitrogens with zero attached hydrogens (tertiary/aromatic N) is 1. The van der Waals surface area contributed by atoms with E-state index in [4.69, 9.17) is 0 Å². The molecule has 17 heavy (non-hydrogen) atoms. The van der Waals surface area contributed by atoms with Crippen LogP contribution >= 0.6 is 15.9 Å². The molecule has 0 aliphatic carbocycles. The standard InChI is InChI=1S/C13H14BrFN2/c1-3-4-8-5-9-6-10(14)11(15)7-12(9)17-13(8)16-2/h5-7H,3-4H2,1-2H3,(H,16,17). The highest BCUT2D eigenvalue weighted by Gasteiger charge is 2.08. The van der Waals surface area contributed by atoms with Crippen LogP contribution in [0.4, 0.5) is 10.2 Å². The van der Waals surface area contributed by atoms with E-state index in [1.54, 1.807) is 6.07 Å². The summed E-state index contributed by atoms with van der Waals surface area (Å²) >= 11 is 3.20. The zero-order chi connectivity index (χ0) is 12.4. The van der Waals surface area contributed by atoms with Crippen molar-refractivity contribution in [3.8, 4) is 0 Å². The van der Waals surface area contributed by atoms with Gasteiger partial charge in [0, 0.05) is 18.5 Å². The lowest BCUT2D eigenvalue weighted by atomic mass is 10.1. The molecule has 2 rings (SSSR count). The lowest BCUT2D eigenvalue weighted by Gasteiger charge is -2.09. The van der Waals surface area contributed by atoms with Crippen LogP contribution in [0.25, 0.3) is 10.9 Å². The molecule has 0 spiro atoms. The summed E-state index contributed by atoms with van der Waals surface area (Å²) in [5.41, 5.74) is 1.84. The second kappa shape index (κ2) is 5.00. The minimum Gasteiger partial charge on any atom is -0.373 e. The average Bonchev–Trinajstić information content (AvgIpc) is 2.31. The molecule has 90 valence electrons. The second-order valence-electron chi connectivity index (χ2n) is 3.96. The fourth-order valence-electron chi connectivity index (χ4n) is 1.89. The van der Waals surface area contributed by atoms with Crippen LogP contribution in [-0.2, 0) is 6.42 Å². The normalized spacial score (nSPS) is 10.8. The van der Waals surface area contributed by atoms with E-state index in [0.29, 0.717) is 9.99 Å². The number of aromatic nitrogens is 1. The third kappa shape index (κ3) is 2.41. The van der Waals surface area contributed by atoms with Gasteiger partial charge in [0.15, 0.2) is 0 Å². The van der Waals surface area contributed by atoms with E-state index in [1.165, 1.54) is 11.6 Å². The molecular weight excluding hydrogens is 283 g/mol. The maximum atomic E-state index is 13.4. The predicted molar refractivity (Wildman–Crippen MR) is 72.9 cm³/mol. The number of benzene rings is 1. The van der Waals surface area contributed by atoms with Crippen LogP contribution in [0, 0.1) is 5.82 Å². The van der Waals surface area contributed by atoms with Crippen LogP contribution in [0.5, 0.6) is 0 Å². The number of nitrogens with one attached hydrogen (secondary N) is 1. The fraction of sp³-hybridized carbons (Fsp3) is 0.308. The molecule has 1 N–H and O–H groups in total. The van der Waals surface area contributed by atoms with Gasteiger partial charge in [0.25, 0.3) is 0 Å². The molecule has 0 amide bonds. The molecule has 4 heteroatoms. The van der Waals surface area contributed by atoms with Gasteiger partial charge in [0.05, 0.1) is 9.99 Å². The van der Waals surface area contributed by atoms with Gasteiger partial charge in [0.1, 0.15) is 11.6 Å². The minimum absolute atomic E-state index is 0.282. The Morgan fingerprint density at radius 3 is 2.76 bits per heavy atom. The lowest BCUT2D eigenvalue weighted by molar-refractivity contribution is 0.623. The van der Waals surface area contributed by atoms with Gasteiger partial charge in [-0.1, -0.05) is 13.3 Å². The summed E-state index contributed by atoms with van der Waals surface area (Å²) in [5.74, 6) is 0.552. The fourth-order valence-corrected chi connectivity index (χ4v) is 2.25. The molecule has 1 aromatic carbocycles. The van der Waals surface area contributed by atoms with Crippen molar-refractivity contribution in [2.45, 2.75) is 19.8 Å². The van der Waals surface area contributed by atoms with Gasteiger partial charge in [-0.25, -0.2) is 9.37 Å². The molecule has 2 nitrogen and oxygen atoms in total.